The molecule has 2 heteroatoms. The molecule has 0 aromatic rings. The average Bonchev–Trinajstić information content (AvgIpc) is 1.87. The van der Waals surface area contributed by atoms with E-state index in [0.717, 1.165) is 19.5 Å². The first kappa shape index (κ1) is 7.56. The summed E-state index contributed by atoms with van der Waals surface area (Å²) < 4.78 is 0. The summed E-state index contributed by atoms with van der Waals surface area (Å²) in [4.78, 5) is 2.25. The van der Waals surface area contributed by atoms with Crippen LogP contribution in [0.3, 0.4) is 0 Å². The van der Waals surface area contributed by atoms with Crippen LogP contribution in [0.4, 0.5) is 0 Å². The summed E-state index contributed by atoms with van der Waals surface area (Å²) >= 11 is 0. The molecule has 0 bridgehead atoms. The Morgan fingerprint density at radius 2 is 2.30 bits per heavy atom. The summed E-state index contributed by atoms with van der Waals surface area (Å²) in [7, 11) is 2.10. The molecule has 1 heterocycles. The van der Waals surface area contributed by atoms with Gasteiger partial charge in [-0.2, -0.15) is 5.26 Å². The van der Waals surface area contributed by atoms with Crippen molar-refractivity contribution in [3.63, 3.8) is 0 Å². The maximum Gasteiger partial charge on any atom is 0.0659 e. The van der Waals surface area contributed by atoms with Crippen molar-refractivity contribution >= 4 is 0 Å². The second kappa shape index (κ2) is 3.03. The number of nitriles is 1. The lowest BCUT2D eigenvalue weighted by atomic mass is 9.85. The van der Waals surface area contributed by atoms with Gasteiger partial charge in [-0.1, -0.05) is 6.92 Å². The minimum atomic E-state index is 0.302. The first-order chi connectivity index (χ1) is 4.77. The van der Waals surface area contributed by atoms with Gasteiger partial charge in [0.15, 0.2) is 0 Å². The van der Waals surface area contributed by atoms with Crippen molar-refractivity contribution in [3.05, 3.63) is 0 Å². The van der Waals surface area contributed by atoms with Crippen LogP contribution in [-0.2, 0) is 0 Å². The molecule has 1 aliphatic heterocycles. The topological polar surface area (TPSA) is 27.0 Å². The highest BCUT2D eigenvalue weighted by molar-refractivity contribution is 4.93. The molecule has 0 spiro atoms. The van der Waals surface area contributed by atoms with Gasteiger partial charge in [0.1, 0.15) is 0 Å². The number of nitrogens with zero attached hydrogens (tertiary/aromatic N) is 2. The Hall–Kier alpha value is -0.550. The van der Waals surface area contributed by atoms with Gasteiger partial charge in [-0.25, -0.2) is 0 Å². The highest BCUT2D eigenvalue weighted by Gasteiger charge is 2.29. The lowest BCUT2D eigenvalue weighted by Crippen LogP contribution is -2.46. The smallest absolute Gasteiger partial charge is 0.0659 e. The predicted octanol–water partition coefficient (Wildman–Crippen LogP) is 1.10. The van der Waals surface area contributed by atoms with Gasteiger partial charge < -0.3 is 4.90 Å². The van der Waals surface area contributed by atoms with Gasteiger partial charge in [-0.05, 0) is 13.5 Å². The Labute approximate surface area is 62.4 Å². The summed E-state index contributed by atoms with van der Waals surface area (Å²) in [5.41, 5.74) is 0. The lowest BCUT2D eigenvalue weighted by Gasteiger charge is -2.38. The quantitative estimate of drug-likeness (QED) is 0.571. The van der Waals surface area contributed by atoms with E-state index in [-0.39, 0.29) is 0 Å². The molecule has 10 heavy (non-hydrogen) atoms. The van der Waals surface area contributed by atoms with E-state index < -0.39 is 0 Å². The largest absolute Gasteiger partial charge is 0.306 e. The third kappa shape index (κ3) is 1.30. The molecule has 0 aromatic carbocycles. The van der Waals surface area contributed by atoms with Gasteiger partial charge in [0.25, 0.3) is 0 Å². The first-order valence-electron chi connectivity index (χ1n) is 3.86. The Morgan fingerprint density at radius 1 is 1.70 bits per heavy atom. The van der Waals surface area contributed by atoms with E-state index >= 15 is 0 Å². The van der Waals surface area contributed by atoms with Crippen LogP contribution in [0.5, 0.6) is 0 Å². The highest BCUT2D eigenvalue weighted by atomic mass is 15.2. The molecule has 1 saturated heterocycles. The van der Waals surface area contributed by atoms with Crippen LogP contribution < -0.4 is 0 Å². The maximum absolute atomic E-state index is 8.68. The lowest BCUT2D eigenvalue weighted by molar-refractivity contribution is 0.101. The molecule has 0 aliphatic carbocycles. The molecule has 2 nitrogen and oxygen atoms in total. The van der Waals surface area contributed by atoms with Crippen LogP contribution in [0.2, 0.25) is 0 Å². The van der Waals surface area contributed by atoms with E-state index in [9.17, 15) is 0 Å². The Kier molecular flexibility index (Phi) is 2.29. The second-order valence-corrected chi connectivity index (χ2v) is 3.13. The van der Waals surface area contributed by atoms with Crippen molar-refractivity contribution < 1.29 is 0 Å². The van der Waals surface area contributed by atoms with Crippen LogP contribution in [0, 0.1) is 23.2 Å². The summed E-state index contributed by atoms with van der Waals surface area (Å²) in [6, 6.07) is 2.35. The van der Waals surface area contributed by atoms with Gasteiger partial charge in [0, 0.05) is 19.0 Å². The second-order valence-electron chi connectivity index (χ2n) is 3.13. The van der Waals surface area contributed by atoms with Crippen molar-refractivity contribution in [2.75, 3.05) is 20.1 Å². The molecule has 0 radical (unpaired) electrons. The Balaban J connectivity index is 2.30. The minimum absolute atomic E-state index is 0.302. The van der Waals surface area contributed by atoms with Crippen LogP contribution in [0.15, 0.2) is 0 Å². The molecular weight excluding hydrogens is 124 g/mol. The zero-order chi connectivity index (χ0) is 7.56. The Bertz CT molecular complexity index is 142. The van der Waals surface area contributed by atoms with Crippen molar-refractivity contribution in [3.8, 4) is 6.07 Å². The Morgan fingerprint density at radius 3 is 2.60 bits per heavy atom. The summed E-state index contributed by atoms with van der Waals surface area (Å²) in [6.07, 6.45) is 1.01. The molecule has 0 amide bonds. The monoisotopic (exact) mass is 138 g/mol. The van der Waals surface area contributed by atoms with E-state index in [1.807, 2.05) is 0 Å². The number of likely N-dealkylation sites (tertiary alicyclic amines) is 1. The molecule has 1 fully saturated rings. The van der Waals surface area contributed by atoms with E-state index in [4.69, 9.17) is 5.26 Å². The molecular formula is C8H14N2. The molecule has 1 aliphatic rings. The van der Waals surface area contributed by atoms with E-state index in [1.54, 1.807) is 0 Å². The fraction of sp³-hybridized carbons (Fsp3) is 0.875. The van der Waals surface area contributed by atoms with Crippen molar-refractivity contribution in [1.29, 1.82) is 5.26 Å². The maximum atomic E-state index is 8.68. The standard InChI is InChI=1S/C8H14N2/c1-3-7(4-9)8-5-10(2)6-8/h7-8H,3,5-6H2,1-2H3. The molecule has 1 atom stereocenters. The van der Waals surface area contributed by atoms with Gasteiger partial charge in [0.05, 0.1) is 12.0 Å². The van der Waals surface area contributed by atoms with E-state index in [2.05, 4.69) is 24.9 Å². The zero-order valence-corrected chi connectivity index (χ0v) is 6.67. The van der Waals surface area contributed by atoms with Gasteiger partial charge in [-0.15, -0.1) is 0 Å². The summed E-state index contributed by atoms with van der Waals surface area (Å²) in [5, 5.41) is 8.68. The van der Waals surface area contributed by atoms with Crippen molar-refractivity contribution in [2.24, 2.45) is 11.8 Å². The van der Waals surface area contributed by atoms with Crippen molar-refractivity contribution in [2.45, 2.75) is 13.3 Å². The fourth-order valence-electron chi connectivity index (χ4n) is 1.53. The molecule has 1 rings (SSSR count). The normalized spacial score (nSPS) is 23.3. The average molecular weight is 138 g/mol. The van der Waals surface area contributed by atoms with E-state index in [0.29, 0.717) is 11.8 Å². The van der Waals surface area contributed by atoms with Crippen molar-refractivity contribution in [1.82, 2.24) is 4.90 Å². The number of hydrogen-bond donors (Lipinski definition) is 0. The number of hydrogen-bond acceptors (Lipinski definition) is 2. The summed E-state index contributed by atoms with van der Waals surface area (Å²) in [5.74, 6) is 0.955. The van der Waals surface area contributed by atoms with Crippen LogP contribution >= 0.6 is 0 Å². The van der Waals surface area contributed by atoms with Gasteiger partial charge >= 0.3 is 0 Å². The molecule has 0 saturated carbocycles. The van der Waals surface area contributed by atoms with E-state index in [1.165, 1.54) is 0 Å². The van der Waals surface area contributed by atoms with Gasteiger partial charge in [0.2, 0.25) is 0 Å². The SMILES string of the molecule is CCC(C#N)C1CN(C)C1. The predicted molar refractivity (Wildman–Crippen MR) is 40.4 cm³/mol. The summed E-state index contributed by atoms with van der Waals surface area (Å²) in [6.45, 7) is 4.32. The molecule has 0 N–H and O–H groups in total. The minimum Gasteiger partial charge on any atom is -0.306 e. The number of rotatable bonds is 2. The molecule has 56 valence electrons. The molecule has 1 unspecified atom stereocenters. The third-order valence-electron chi connectivity index (χ3n) is 2.27. The van der Waals surface area contributed by atoms with Crippen LogP contribution in [-0.4, -0.2) is 25.0 Å². The molecule has 0 aromatic heterocycles. The zero-order valence-electron chi connectivity index (χ0n) is 6.67. The van der Waals surface area contributed by atoms with Crippen LogP contribution in [0.1, 0.15) is 13.3 Å². The third-order valence-corrected chi connectivity index (χ3v) is 2.27. The van der Waals surface area contributed by atoms with Crippen LogP contribution in [0.25, 0.3) is 0 Å². The highest BCUT2D eigenvalue weighted by Crippen LogP contribution is 2.23. The van der Waals surface area contributed by atoms with Gasteiger partial charge in [-0.3, -0.25) is 0 Å². The fourth-order valence-corrected chi connectivity index (χ4v) is 1.53. The first-order valence-corrected chi connectivity index (χ1v) is 3.86.